The van der Waals surface area contributed by atoms with E-state index in [-0.39, 0.29) is 28.4 Å². The van der Waals surface area contributed by atoms with Crippen molar-refractivity contribution >= 4 is 5.69 Å². The van der Waals surface area contributed by atoms with Gasteiger partial charge in [0.15, 0.2) is 11.5 Å². The molecule has 0 heterocycles. The lowest BCUT2D eigenvalue weighted by atomic mass is 9.76. The van der Waals surface area contributed by atoms with Crippen molar-refractivity contribution in [2.24, 2.45) is 5.41 Å². The van der Waals surface area contributed by atoms with Gasteiger partial charge in [0.1, 0.15) is 11.4 Å². The Kier molecular flexibility index (Phi) is 7.64. The van der Waals surface area contributed by atoms with Crippen LogP contribution in [0.25, 0.3) is 0 Å². The van der Waals surface area contributed by atoms with Crippen molar-refractivity contribution in [3.63, 3.8) is 0 Å². The third kappa shape index (κ3) is 5.70. The number of phenols is 2. The van der Waals surface area contributed by atoms with Crippen LogP contribution in [0.4, 0.5) is 5.69 Å². The molecule has 1 aromatic rings. The fourth-order valence-electron chi connectivity index (χ4n) is 3.79. The first kappa shape index (κ1) is 23.9. The van der Waals surface area contributed by atoms with Gasteiger partial charge in [-0.1, -0.05) is 51.0 Å². The topological polar surface area (TPSA) is 75.7 Å². The molecule has 158 valence electrons. The Morgan fingerprint density at radius 2 is 1.57 bits per heavy atom. The van der Waals surface area contributed by atoms with Gasteiger partial charge in [-0.3, -0.25) is 0 Å². The molecule has 0 amide bonds. The Bertz CT molecular complexity index is 767. The highest BCUT2D eigenvalue weighted by Gasteiger charge is 2.31. The van der Waals surface area contributed by atoms with Crippen LogP contribution >= 0.6 is 0 Å². The summed E-state index contributed by atoms with van der Waals surface area (Å²) in [7, 11) is 1.44. The summed E-state index contributed by atoms with van der Waals surface area (Å²) in [4.78, 5) is 0. The van der Waals surface area contributed by atoms with Gasteiger partial charge in [-0.15, -0.1) is 0 Å². The van der Waals surface area contributed by atoms with Crippen molar-refractivity contribution in [1.29, 1.82) is 0 Å². The fraction of sp³-hybridized carbons (Fsp3) is 0.583. The van der Waals surface area contributed by atoms with E-state index < -0.39 is 5.41 Å². The third-order valence-electron chi connectivity index (χ3n) is 5.34. The first-order valence-electron chi connectivity index (χ1n) is 9.91. The molecule has 0 radical (unpaired) electrons. The maximum atomic E-state index is 10.7. The highest BCUT2D eigenvalue weighted by Crippen LogP contribution is 2.50. The molecule has 0 bridgehead atoms. The van der Waals surface area contributed by atoms with E-state index in [9.17, 15) is 10.2 Å². The normalized spacial score (nSPS) is 12.8. The fourth-order valence-corrected chi connectivity index (χ4v) is 3.79. The molecule has 4 heteroatoms. The zero-order valence-electron chi connectivity index (χ0n) is 19.2. The molecular weight excluding hydrogens is 350 g/mol. The standard InChI is InChI=1S/C24H39NO3/c1-15(2)10-12-23(5,6)14-16(3)11-13-24(7,8)18-17(4)20(26)19(25)22(28-9)21(18)27/h10-11,26-27H,12-14,25H2,1-9H3/b16-11+. The van der Waals surface area contributed by atoms with Gasteiger partial charge in [0.05, 0.1) is 7.11 Å². The molecular formula is C24H39NO3. The maximum Gasteiger partial charge on any atom is 0.187 e. The summed E-state index contributed by atoms with van der Waals surface area (Å²) in [5.74, 6) is 0.117. The monoisotopic (exact) mass is 389 g/mol. The summed E-state index contributed by atoms with van der Waals surface area (Å²) < 4.78 is 5.23. The zero-order chi connectivity index (χ0) is 21.9. The molecule has 4 nitrogen and oxygen atoms in total. The van der Waals surface area contributed by atoms with Crippen LogP contribution in [0.1, 0.15) is 78.9 Å². The second-order valence-corrected chi connectivity index (χ2v) is 9.61. The van der Waals surface area contributed by atoms with E-state index in [2.05, 4.69) is 60.6 Å². The quantitative estimate of drug-likeness (QED) is 0.208. The van der Waals surface area contributed by atoms with Gasteiger partial charge in [-0.25, -0.2) is 0 Å². The van der Waals surface area contributed by atoms with E-state index >= 15 is 0 Å². The van der Waals surface area contributed by atoms with E-state index in [0.29, 0.717) is 11.1 Å². The van der Waals surface area contributed by atoms with Crippen molar-refractivity contribution in [1.82, 2.24) is 0 Å². The number of hydrogen-bond acceptors (Lipinski definition) is 4. The molecule has 4 N–H and O–H groups in total. The Morgan fingerprint density at radius 1 is 1.00 bits per heavy atom. The molecule has 0 fully saturated rings. The van der Waals surface area contributed by atoms with E-state index in [1.54, 1.807) is 6.92 Å². The molecule has 0 saturated heterocycles. The first-order valence-corrected chi connectivity index (χ1v) is 9.91. The van der Waals surface area contributed by atoms with Gasteiger partial charge in [0, 0.05) is 11.1 Å². The molecule has 1 aromatic carbocycles. The zero-order valence-corrected chi connectivity index (χ0v) is 19.2. The van der Waals surface area contributed by atoms with E-state index in [0.717, 1.165) is 19.3 Å². The molecule has 0 aliphatic heterocycles. The third-order valence-corrected chi connectivity index (χ3v) is 5.34. The van der Waals surface area contributed by atoms with E-state index in [1.807, 2.05) is 0 Å². The van der Waals surface area contributed by atoms with Crippen molar-refractivity contribution < 1.29 is 14.9 Å². The predicted octanol–water partition coefficient (Wildman–Crippen LogP) is 6.38. The molecule has 0 unspecified atom stereocenters. The number of nitrogens with two attached hydrogens (primary N) is 1. The number of benzene rings is 1. The van der Waals surface area contributed by atoms with Crippen LogP contribution in [-0.2, 0) is 5.41 Å². The van der Waals surface area contributed by atoms with Crippen molar-refractivity contribution in [2.75, 3.05) is 12.8 Å². The Hall–Kier alpha value is -2.10. The van der Waals surface area contributed by atoms with Gasteiger partial charge in [-0.05, 0) is 57.8 Å². The van der Waals surface area contributed by atoms with Gasteiger partial charge in [-0.2, -0.15) is 0 Å². The lowest BCUT2D eigenvalue weighted by molar-refractivity contribution is 0.356. The Labute approximate surface area is 171 Å². The summed E-state index contributed by atoms with van der Waals surface area (Å²) in [6.45, 7) is 16.9. The molecule has 0 aromatic heterocycles. The van der Waals surface area contributed by atoms with Crippen LogP contribution in [0.5, 0.6) is 17.2 Å². The number of methoxy groups -OCH3 is 1. The predicted molar refractivity (Wildman–Crippen MR) is 119 cm³/mol. The highest BCUT2D eigenvalue weighted by atomic mass is 16.5. The van der Waals surface area contributed by atoms with Crippen LogP contribution < -0.4 is 10.5 Å². The number of aromatic hydroxyl groups is 2. The Balaban J connectivity index is 3.14. The second-order valence-electron chi connectivity index (χ2n) is 9.61. The number of allylic oxidation sites excluding steroid dienone is 4. The number of rotatable bonds is 8. The number of anilines is 1. The summed E-state index contributed by atoms with van der Waals surface area (Å²) in [6.07, 6.45) is 7.32. The Morgan fingerprint density at radius 3 is 2.07 bits per heavy atom. The summed E-state index contributed by atoms with van der Waals surface area (Å²) in [5.41, 5.74) is 9.71. The van der Waals surface area contributed by atoms with Crippen molar-refractivity contribution in [3.05, 3.63) is 34.4 Å². The van der Waals surface area contributed by atoms with Crippen LogP contribution in [0, 0.1) is 12.3 Å². The molecule has 0 aliphatic rings. The molecule has 0 aliphatic carbocycles. The number of nitrogen functional groups attached to an aromatic ring is 1. The average molecular weight is 390 g/mol. The minimum Gasteiger partial charge on any atom is -0.505 e. The van der Waals surface area contributed by atoms with Gasteiger partial charge in [0.2, 0.25) is 0 Å². The molecule has 1 rings (SSSR count). The van der Waals surface area contributed by atoms with E-state index in [1.165, 1.54) is 18.3 Å². The summed E-state index contributed by atoms with van der Waals surface area (Å²) in [6, 6.07) is 0. The largest absolute Gasteiger partial charge is 0.505 e. The van der Waals surface area contributed by atoms with Crippen molar-refractivity contribution in [2.45, 2.75) is 80.1 Å². The SMILES string of the molecule is COc1c(N)c(O)c(C)c(C(C)(C)C/C=C(\C)CC(C)(C)CC=C(C)C)c1O. The van der Waals surface area contributed by atoms with Crippen LogP contribution in [0.3, 0.4) is 0 Å². The van der Waals surface area contributed by atoms with Crippen LogP contribution in [-0.4, -0.2) is 17.3 Å². The van der Waals surface area contributed by atoms with Crippen LogP contribution in [0.15, 0.2) is 23.3 Å². The number of phenolic OH excluding ortho intramolecular Hbond substituents is 2. The maximum absolute atomic E-state index is 10.7. The number of hydrogen-bond donors (Lipinski definition) is 3. The minimum absolute atomic E-state index is 0.00948. The average Bonchev–Trinajstić information content (AvgIpc) is 2.56. The summed E-state index contributed by atoms with van der Waals surface area (Å²) in [5, 5.41) is 21.1. The van der Waals surface area contributed by atoms with Crippen LogP contribution in [0.2, 0.25) is 0 Å². The van der Waals surface area contributed by atoms with Gasteiger partial charge in [0.25, 0.3) is 0 Å². The van der Waals surface area contributed by atoms with Crippen molar-refractivity contribution in [3.8, 4) is 17.2 Å². The second kappa shape index (κ2) is 8.93. The van der Waals surface area contributed by atoms with Gasteiger partial charge < -0.3 is 20.7 Å². The minimum atomic E-state index is -0.391. The van der Waals surface area contributed by atoms with Gasteiger partial charge >= 0.3 is 0 Å². The first-order chi connectivity index (χ1) is 12.7. The lowest BCUT2D eigenvalue weighted by Gasteiger charge is -2.29. The molecule has 0 atom stereocenters. The number of ether oxygens (including phenoxy) is 1. The molecule has 0 saturated carbocycles. The molecule has 28 heavy (non-hydrogen) atoms. The van der Waals surface area contributed by atoms with E-state index in [4.69, 9.17) is 10.5 Å². The molecule has 0 spiro atoms. The smallest absolute Gasteiger partial charge is 0.187 e. The summed E-state index contributed by atoms with van der Waals surface area (Å²) >= 11 is 0. The lowest BCUT2D eigenvalue weighted by Crippen LogP contribution is -2.19. The highest BCUT2D eigenvalue weighted by molar-refractivity contribution is 5.74.